The summed E-state index contributed by atoms with van der Waals surface area (Å²) >= 11 is 0. The molecule has 0 radical (unpaired) electrons. The average molecular weight is 414 g/mol. The van der Waals surface area contributed by atoms with Gasteiger partial charge in [0.05, 0.1) is 23.6 Å². The maximum absolute atomic E-state index is 12.2. The fourth-order valence-corrected chi connectivity index (χ4v) is 3.04. The largest absolute Gasteiger partial charge is 0.391 e. The summed E-state index contributed by atoms with van der Waals surface area (Å²) in [7, 11) is 0. The second-order valence-electron chi connectivity index (χ2n) is 6.66. The Morgan fingerprint density at radius 1 is 0.645 bits per heavy atom. The van der Waals surface area contributed by atoms with Gasteiger partial charge < -0.3 is 14.4 Å². The van der Waals surface area contributed by atoms with Crippen LogP contribution in [0.1, 0.15) is 43.0 Å². The van der Waals surface area contributed by atoms with Gasteiger partial charge in [-0.15, -0.1) is 0 Å². The van der Waals surface area contributed by atoms with Crippen molar-refractivity contribution in [2.45, 2.75) is 13.2 Å². The number of rotatable bonds is 8. The van der Waals surface area contributed by atoms with Crippen LogP contribution < -0.4 is 0 Å². The Morgan fingerprint density at radius 2 is 1.06 bits per heavy atom. The Kier molecular flexibility index (Phi) is 6.13. The zero-order chi connectivity index (χ0) is 21.5. The molecular weight excluding hydrogens is 396 g/mol. The van der Waals surface area contributed by atoms with Crippen molar-refractivity contribution in [3.05, 3.63) is 106 Å². The van der Waals surface area contributed by atoms with Crippen LogP contribution in [-0.4, -0.2) is 24.4 Å². The first-order valence-corrected chi connectivity index (χ1v) is 9.54. The lowest BCUT2D eigenvalue weighted by Crippen LogP contribution is -2.03. The van der Waals surface area contributed by atoms with Crippen LogP contribution in [0, 0.1) is 0 Å². The van der Waals surface area contributed by atoms with Crippen LogP contribution in [0.2, 0.25) is 0 Å². The van der Waals surface area contributed by atoms with Gasteiger partial charge >= 0.3 is 11.9 Å². The molecule has 4 rings (SSSR count). The van der Waals surface area contributed by atoms with Crippen molar-refractivity contribution < 1.29 is 24.0 Å². The maximum atomic E-state index is 12.2. The van der Waals surface area contributed by atoms with Crippen LogP contribution >= 0.6 is 0 Å². The van der Waals surface area contributed by atoms with Crippen molar-refractivity contribution in [1.29, 1.82) is 0 Å². The molecule has 3 aromatic carbocycles. The lowest BCUT2D eigenvalue weighted by molar-refractivity contribution is 0.0443. The summed E-state index contributed by atoms with van der Waals surface area (Å²) in [4.78, 5) is 35.0. The van der Waals surface area contributed by atoms with E-state index in [-0.39, 0.29) is 24.3 Å². The van der Waals surface area contributed by atoms with Crippen LogP contribution in [0.5, 0.6) is 0 Å². The highest BCUT2D eigenvalue weighted by atomic mass is 16.6. The van der Waals surface area contributed by atoms with E-state index in [1.807, 2.05) is 60.7 Å². The van der Waals surface area contributed by atoms with E-state index >= 15 is 0 Å². The molecule has 7 nitrogen and oxygen atoms in total. The molecule has 154 valence electrons. The van der Waals surface area contributed by atoms with Crippen molar-refractivity contribution in [3.8, 4) is 0 Å². The highest BCUT2D eigenvalue weighted by molar-refractivity contribution is 6.20. The van der Waals surface area contributed by atoms with Gasteiger partial charge in [-0.1, -0.05) is 83.1 Å². The third-order valence-electron chi connectivity index (χ3n) is 4.54. The molecule has 0 atom stereocenters. The number of cyclic esters (lactones) is 2. The number of ether oxygens (including phenoxy) is 1. The topological polar surface area (TPSA) is 86.6 Å². The van der Waals surface area contributed by atoms with Crippen LogP contribution in [0.15, 0.2) is 83.1 Å². The van der Waals surface area contributed by atoms with Crippen molar-refractivity contribution in [1.82, 2.24) is 0 Å². The summed E-state index contributed by atoms with van der Waals surface area (Å²) < 4.78 is 4.78. The standard InChI is InChI=1S/C24H18N2O5/c27-23-21-19(13-25-29-15-17-7-3-1-4-8-17)11-12-20(22(21)24(28)31-23)14-26-30-16-18-9-5-2-6-10-18/h1-14H,15-16H2/b25-13-,26-14-. The number of esters is 2. The summed E-state index contributed by atoms with van der Waals surface area (Å²) in [5.74, 6) is -1.46. The summed E-state index contributed by atoms with van der Waals surface area (Å²) in [6.45, 7) is 0.568. The fourth-order valence-electron chi connectivity index (χ4n) is 3.04. The van der Waals surface area contributed by atoms with Crippen molar-refractivity contribution in [2.24, 2.45) is 10.3 Å². The lowest BCUT2D eigenvalue weighted by Gasteiger charge is -2.04. The zero-order valence-electron chi connectivity index (χ0n) is 16.4. The minimum absolute atomic E-state index is 0.129. The summed E-state index contributed by atoms with van der Waals surface area (Å²) in [6.07, 6.45) is 2.77. The smallest absolute Gasteiger partial charge is 0.347 e. The van der Waals surface area contributed by atoms with Crippen LogP contribution in [0.25, 0.3) is 0 Å². The van der Waals surface area contributed by atoms with E-state index < -0.39 is 11.9 Å². The Morgan fingerprint density at radius 3 is 1.48 bits per heavy atom. The molecule has 0 saturated carbocycles. The molecule has 0 spiro atoms. The first-order valence-electron chi connectivity index (χ1n) is 9.54. The maximum Gasteiger partial charge on any atom is 0.347 e. The number of hydrogen-bond donors (Lipinski definition) is 0. The third kappa shape index (κ3) is 4.84. The molecule has 0 aromatic heterocycles. The van der Waals surface area contributed by atoms with Gasteiger partial charge in [0.1, 0.15) is 13.2 Å². The van der Waals surface area contributed by atoms with Crippen molar-refractivity contribution in [3.63, 3.8) is 0 Å². The molecule has 0 N–H and O–H groups in total. The van der Waals surface area contributed by atoms with Gasteiger partial charge in [-0.3, -0.25) is 0 Å². The number of nitrogens with zero attached hydrogens (tertiary/aromatic N) is 2. The molecule has 7 heteroatoms. The number of fused-ring (bicyclic) bond motifs is 1. The minimum atomic E-state index is -0.732. The molecule has 0 aliphatic carbocycles. The number of carbonyl (C=O) groups is 2. The summed E-state index contributed by atoms with van der Waals surface area (Å²) in [5.41, 5.74) is 3.01. The minimum Gasteiger partial charge on any atom is -0.391 e. The highest BCUT2D eigenvalue weighted by Crippen LogP contribution is 2.26. The Balaban J connectivity index is 1.47. The normalized spacial score (nSPS) is 12.9. The van der Waals surface area contributed by atoms with E-state index in [1.54, 1.807) is 12.1 Å². The van der Waals surface area contributed by atoms with Gasteiger partial charge in [-0.2, -0.15) is 0 Å². The predicted molar refractivity (Wildman–Crippen MR) is 114 cm³/mol. The van der Waals surface area contributed by atoms with Gasteiger partial charge in [-0.25, -0.2) is 9.59 Å². The molecule has 1 aliphatic heterocycles. The Labute approximate surface area is 178 Å². The number of carbonyl (C=O) groups excluding carboxylic acids is 2. The molecule has 1 aliphatic rings. The van der Waals surface area contributed by atoms with Gasteiger partial charge in [0.2, 0.25) is 0 Å². The van der Waals surface area contributed by atoms with Crippen molar-refractivity contribution >= 4 is 24.4 Å². The van der Waals surface area contributed by atoms with Crippen LogP contribution in [0.3, 0.4) is 0 Å². The van der Waals surface area contributed by atoms with Gasteiger partial charge in [0.25, 0.3) is 0 Å². The molecule has 31 heavy (non-hydrogen) atoms. The van der Waals surface area contributed by atoms with Crippen molar-refractivity contribution in [2.75, 3.05) is 0 Å². The van der Waals surface area contributed by atoms with Gasteiger partial charge in [0.15, 0.2) is 0 Å². The number of benzene rings is 3. The SMILES string of the molecule is O=C1OC(=O)c2c(/C=N\OCc3ccccc3)ccc(/C=N\OCc3ccccc3)c21. The molecule has 0 fully saturated rings. The average Bonchev–Trinajstić information content (AvgIpc) is 3.11. The highest BCUT2D eigenvalue weighted by Gasteiger charge is 2.34. The Hall–Kier alpha value is -4.26. The van der Waals surface area contributed by atoms with E-state index in [0.29, 0.717) is 11.1 Å². The lowest BCUT2D eigenvalue weighted by atomic mass is 9.98. The van der Waals surface area contributed by atoms with E-state index in [2.05, 4.69) is 10.3 Å². The van der Waals surface area contributed by atoms with Crippen LogP contribution in [-0.2, 0) is 27.6 Å². The second-order valence-corrected chi connectivity index (χ2v) is 6.66. The first kappa shape index (κ1) is 20.0. The van der Waals surface area contributed by atoms with E-state index in [1.165, 1.54) is 12.4 Å². The third-order valence-corrected chi connectivity index (χ3v) is 4.54. The van der Waals surface area contributed by atoms with E-state index in [0.717, 1.165) is 11.1 Å². The molecule has 0 unspecified atom stereocenters. The predicted octanol–water partition coefficient (Wildman–Crippen LogP) is 4.10. The molecule has 0 bridgehead atoms. The number of hydrogen-bond acceptors (Lipinski definition) is 7. The quantitative estimate of drug-likeness (QED) is 0.240. The zero-order valence-corrected chi connectivity index (χ0v) is 16.4. The summed E-state index contributed by atoms with van der Waals surface area (Å²) in [6, 6.07) is 22.4. The first-order chi connectivity index (χ1) is 15.2. The molecule has 1 heterocycles. The summed E-state index contributed by atoms with van der Waals surface area (Å²) in [5, 5.41) is 7.82. The number of oxime groups is 2. The Bertz CT molecular complexity index is 1050. The fraction of sp³-hybridized carbons (Fsp3) is 0.0833. The van der Waals surface area contributed by atoms with E-state index in [4.69, 9.17) is 14.4 Å². The molecule has 0 amide bonds. The molecule has 0 saturated heterocycles. The molecular formula is C24H18N2O5. The van der Waals surface area contributed by atoms with Gasteiger partial charge in [-0.05, 0) is 11.1 Å². The van der Waals surface area contributed by atoms with Gasteiger partial charge in [0, 0.05) is 11.1 Å². The molecule has 3 aromatic rings. The monoisotopic (exact) mass is 414 g/mol. The van der Waals surface area contributed by atoms with Crippen LogP contribution in [0.4, 0.5) is 0 Å². The van der Waals surface area contributed by atoms with E-state index in [9.17, 15) is 9.59 Å². The second kappa shape index (κ2) is 9.49.